The highest BCUT2D eigenvalue weighted by atomic mass is 32.2. The van der Waals surface area contributed by atoms with E-state index >= 15 is 0 Å². The lowest BCUT2D eigenvalue weighted by atomic mass is 10.0. The number of nitrogens with one attached hydrogen (secondary N) is 1. The molecule has 1 atom stereocenters. The predicted octanol–water partition coefficient (Wildman–Crippen LogP) is 0.168. The van der Waals surface area contributed by atoms with Crippen molar-refractivity contribution in [2.24, 2.45) is 11.7 Å². The molecular formula is C10H23N3O2S2. The number of thiocarbonyl (C=S) groups is 1. The number of sulfonamides is 1. The molecule has 0 aromatic heterocycles. The summed E-state index contributed by atoms with van der Waals surface area (Å²) in [5, 5.41) is 0. The highest BCUT2D eigenvalue weighted by Gasteiger charge is 2.20. The van der Waals surface area contributed by atoms with E-state index in [-0.39, 0.29) is 16.8 Å². The van der Waals surface area contributed by atoms with Crippen LogP contribution in [0.3, 0.4) is 0 Å². The van der Waals surface area contributed by atoms with Gasteiger partial charge in [-0.05, 0) is 26.4 Å². The van der Waals surface area contributed by atoms with E-state index in [0.29, 0.717) is 12.5 Å². The van der Waals surface area contributed by atoms with Crippen LogP contribution in [-0.4, -0.2) is 50.7 Å². The van der Waals surface area contributed by atoms with E-state index in [1.807, 2.05) is 19.0 Å². The third-order valence-electron chi connectivity index (χ3n) is 2.02. The van der Waals surface area contributed by atoms with Crippen molar-refractivity contribution in [1.29, 1.82) is 0 Å². The van der Waals surface area contributed by atoms with Crippen molar-refractivity contribution in [3.05, 3.63) is 0 Å². The highest BCUT2D eigenvalue weighted by Crippen LogP contribution is 2.07. The van der Waals surface area contributed by atoms with Gasteiger partial charge in [0.05, 0.1) is 4.99 Å². The van der Waals surface area contributed by atoms with Gasteiger partial charge >= 0.3 is 0 Å². The topological polar surface area (TPSA) is 75.4 Å². The van der Waals surface area contributed by atoms with Crippen LogP contribution in [0.5, 0.6) is 0 Å². The summed E-state index contributed by atoms with van der Waals surface area (Å²) in [6.07, 6.45) is 0.786. The van der Waals surface area contributed by atoms with Crippen LogP contribution in [0.4, 0.5) is 0 Å². The average molecular weight is 281 g/mol. The van der Waals surface area contributed by atoms with Crippen LogP contribution in [0.25, 0.3) is 0 Å². The minimum atomic E-state index is -3.41. The largest absolute Gasteiger partial charge is 0.392 e. The molecule has 0 saturated heterocycles. The van der Waals surface area contributed by atoms with Gasteiger partial charge in [0.15, 0.2) is 0 Å². The average Bonchev–Trinajstić information content (AvgIpc) is 1.95. The molecule has 0 saturated carbocycles. The lowest BCUT2D eigenvalue weighted by molar-refractivity contribution is 0.329. The quantitative estimate of drug-likeness (QED) is 0.620. The first-order chi connectivity index (χ1) is 7.62. The summed E-state index contributed by atoms with van der Waals surface area (Å²) in [7, 11) is 0.410. The Kier molecular flexibility index (Phi) is 7.15. The number of hydrogen-bond donors (Lipinski definition) is 2. The molecule has 7 heteroatoms. The van der Waals surface area contributed by atoms with Crippen LogP contribution < -0.4 is 10.5 Å². The number of hydrogen-bond acceptors (Lipinski definition) is 4. The van der Waals surface area contributed by atoms with Gasteiger partial charge in [0.25, 0.3) is 0 Å². The molecule has 0 radical (unpaired) electrons. The van der Waals surface area contributed by atoms with Gasteiger partial charge in [-0.1, -0.05) is 26.1 Å². The SMILES string of the molecule is CC(C)CC(CN(C)C)NS(=O)(=O)CC(N)=S. The Labute approximate surface area is 110 Å². The molecule has 0 bridgehead atoms. The van der Waals surface area contributed by atoms with Crippen LogP contribution in [0, 0.1) is 5.92 Å². The van der Waals surface area contributed by atoms with Crippen molar-refractivity contribution < 1.29 is 8.42 Å². The molecule has 3 N–H and O–H groups in total. The van der Waals surface area contributed by atoms with Gasteiger partial charge in [0, 0.05) is 12.6 Å². The molecule has 0 heterocycles. The lowest BCUT2D eigenvalue weighted by Crippen LogP contribution is -2.44. The highest BCUT2D eigenvalue weighted by molar-refractivity contribution is 7.92. The second-order valence-corrected chi connectivity index (χ2v) is 7.21. The monoisotopic (exact) mass is 281 g/mol. The molecule has 0 aromatic rings. The molecule has 17 heavy (non-hydrogen) atoms. The Morgan fingerprint density at radius 3 is 2.29 bits per heavy atom. The summed E-state index contributed by atoms with van der Waals surface area (Å²) in [5.41, 5.74) is 5.26. The van der Waals surface area contributed by atoms with Crippen LogP contribution in [0.2, 0.25) is 0 Å². The van der Waals surface area contributed by atoms with Gasteiger partial charge in [-0.25, -0.2) is 13.1 Å². The number of nitrogens with zero attached hydrogens (tertiary/aromatic N) is 1. The first kappa shape index (κ1) is 16.8. The third kappa shape index (κ3) is 9.46. The molecule has 0 amide bonds. The van der Waals surface area contributed by atoms with Crippen LogP contribution in [0.1, 0.15) is 20.3 Å². The van der Waals surface area contributed by atoms with E-state index in [4.69, 9.17) is 5.73 Å². The molecule has 0 spiro atoms. The molecule has 5 nitrogen and oxygen atoms in total. The fourth-order valence-electron chi connectivity index (χ4n) is 1.65. The van der Waals surface area contributed by atoms with Gasteiger partial charge in [0.1, 0.15) is 5.75 Å². The van der Waals surface area contributed by atoms with Gasteiger partial charge in [-0.15, -0.1) is 0 Å². The van der Waals surface area contributed by atoms with Gasteiger partial charge in [-0.2, -0.15) is 0 Å². The fourth-order valence-corrected chi connectivity index (χ4v) is 3.25. The smallest absolute Gasteiger partial charge is 0.218 e. The molecule has 1 unspecified atom stereocenters. The lowest BCUT2D eigenvalue weighted by Gasteiger charge is -2.23. The normalized spacial score (nSPS) is 14.2. The van der Waals surface area contributed by atoms with Crippen molar-refractivity contribution in [2.75, 3.05) is 26.4 Å². The maximum absolute atomic E-state index is 11.7. The molecule has 102 valence electrons. The predicted molar refractivity (Wildman–Crippen MR) is 75.5 cm³/mol. The van der Waals surface area contributed by atoms with Crippen molar-refractivity contribution in [1.82, 2.24) is 9.62 Å². The zero-order valence-electron chi connectivity index (χ0n) is 10.9. The molecule has 0 aliphatic heterocycles. The molecule has 0 rings (SSSR count). The maximum atomic E-state index is 11.7. The Bertz CT molecular complexity index is 329. The summed E-state index contributed by atoms with van der Waals surface area (Å²) >= 11 is 4.62. The fraction of sp³-hybridized carbons (Fsp3) is 0.900. The third-order valence-corrected chi connectivity index (χ3v) is 3.73. The van der Waals surface area contributed by atoms with Crippen molar-refractivity contribution in [3.8, 4) is 0 Å². The Morgan fingerprint density at radius 1 is 1.41 bits per heavy atom. The van der Waals surface area contributed by atoms with Crippen molar-refractivity contribution >= 4 is 27.2 Å². The van der Waals surface area contributed by atoms with E-state index in [1.54, 1.807) is 0 Å². The molecule has 0 fully saturated rings. The number of likely N-dealkylation sites (N-methyl/N-ethyl adjacent to an activating group) is 1. The standard InChI is InChI=1S/C10H23N3O2S2/c1-8(2)5-9(6-13(3)4)12-17(14,15)7-10(11)16/h8-9,12H,5-7H2,1-4H3,(H2,11,16). The first-order valence-corrected chi connectivity index (χ1v) is 7.61. The summed E-state index contributed by atoms with van der Waals surface area (Å²) in [5.74, 6) is 0.136. The summed E-state index contributed by atoms with van der Waals surface area (Å²) in [6.45, 7) is 4.78. The van der Waals surface area contributed by atoms with E-state index in [9.17, 15) is 8.42 Å². The van der Waals surface area contributed by atoms with Gasteiger partial charge in [-0.3, -0.25) is 0 Å². The first-order valence-electron chi connectivity index (χ1n) is 5.55. The summed E-state index contributed by atoms with van der Waals surface area (Å²) < 4.78 is 26.1. The van der Waals surface area contributed by atoms with E-state index in [0.717, 1.165) is 6.42 Å². The summed E-state index contributed by atoms with van der Waals surface area (Å²) in [6, 6.07) is -0.107. The van der Waals surface area contributed by atoms with E-state index in [1.165, 1.54) is 0 Å². The second-order valence-electron chi connectivity index (χ2n) is 4.93. The second kappa shape index (κ2) is 7.25. The molecule has 0 aliphatic carbocycles. The Balaban J connectivity index is 4.56. The van der Waals surface area contributed by atoms with E-state index < -0.39 is 10.0 Å². The summed E-state index contributed by atoms with van der Waals surface area (Å²) in [4.78, 5) is 1.95. The van der Waals surface area contributed by atoms with E-state index in [2.05, 4.69) is 30.8 Å². The van der Waals surface area contributed by atoms with Crippen LogP contribution in [-0.2, 0) is 10.0 Å². The van der Waals surface area contributed by atoms with Crippen LogP contribution in [0.15, 0.2) is 0 Å². The van der Waals surface area contributed by atoms with Gasteiger partial charge in [0.2, 0.25) is 10.0 Å². The van der Waals surface area contributed by atoms with Crippen molar-refractivity contribution in [3.63, 3.8) is 0 Å². The molecule has 0 aliphatic rings. The zero-order chi connectivity index (χ0) is 13.6. The minimum Gasteiger partial charge on any atom is -0.392 e. The molecule has 0 aromatic carbocycles. The number of nitrogens with two attached hydrogens (primary N) is 1. The maximum Gasteiger partial charge on any atom is 0.218 e. The van der Waals surface area contributed by atoms with Gasteiger partial charge < -0.3 is 10.6 Å². The zero-order valence-corrected chi connectivity index (χ0v) is 12.6. The Morgan fingerprint density at radius 2 is 1.94 bits per heavy atom. The van der Waals surface area contributed by atoms with Crippen LogP contribution >= 0.6 is 12.2 Å². The molecular weight excluding hydrogens is 258 g/mol. The minimum absolute atomic E-state index is 0.00866. The van der Waals surface area contributed by atoms with Crippen molar-refractivity contribution in [2.45, 2.75) is 26.3 Å². The number of rotatable bonds is 8. The Hall–Kier alpha value is -0.240.